The molecule has 0 bridgehead atoms. The fourth-order valence-electron chi connectivity index (χ4n) is 3.19. The summed E-state index contributed by atoms with van der Waals surface area (Å²) in [6.07, 6.45) is 4.10. The molecule has 4 rings (SSSR count). The van der Waals surface area contributed by atoms with Crippen molar-refractivity contribution in [1.29, 1.82) is 0 Å². The number of carbonyl (C=O) groups is 2. The molecule has 0 fully saturated rings. The number of carboxylic acids is 1. The maximum atomic E-state index is 12.6. The van der Waals surface area contributed by atoms with Crippen LogP contribution in [0.5, 0.6) is 0 Å². The Labute approximate surface area is 187 Å². The molecular weight excluding hydrogens is 434 g/mol. The predicted octanol–water partition coefficient (Wildman–Crippen LogP) is 4.17. The molecule has 9 heteroatoms. The third-order valence-electron chi connectivity index (χ3n) is 4.74. The Kier molecular flexibility index (Phi) is 5.87. The van der Waals surface area contributed by atoms with Gasteiger partial charge >= 0.3 is 5.97 Å². The van der Waals surface area contributed by atoms with Gasteiger partial charge in [0.2, 0.25) is 11.6 Å². The van der Waals surface area contributed by atoms with Gasteiger partial charge in [0, 0.05) is 33.5 Å². The quantitative estimate of drug-likeness (QED) is 0.336. The number of hydrogen-bond acceptors (Lipinski definition) is 5. The van der Waals surface area contributed by atoms with E-state index in [9.17, 15) is 14.8 Å². The Morgan fingerprint density at radius 3 is 2.53 bits per heavy atom. The number of rotatable bonds is 6. The van der Waals surface area contributed by atoms with Gasteiger partial charge in [-0.2, -0.15) is 4.73 Å². The van der Waals surface area contributed by atoms with E-state index < -0.39 is 11.9 Å². The van der Waals surface area contributed by atoms with Crippen molar-refractivity contribution in [2.75, 3.05) is 5.32 Å². The first-order chi connectivity index (χ1) is 15.4. The third kappa shape index (κ3) is 4.60. The number of pyridine rings is 1. The van der Waals surface area contributed by atoms with E-state index in [1.165, 1.54) is 36.9 Å². The van der Waals surface area contributed by atoms with Gasteiger partial charge in [0.1, 0.15) is 6.42 Å². The average Bonchev–Trinajstić information content (AvgIpc) is 3.30. The first-order valence-electron chi connectivity index (χ1n) is 9.45. The SMILES string of the molecule is O=C(Cc1ccc(-c2cc(Cl)ccc2-c2cnco2)c[n+]1[O-])Nc1ccc(C(=O)O)cc1. The van der Waals surface area contributed by atoms with Crippen LogP contribution in [0.2, 0.25) is 5.02 Å². The molecular formula is C23H16ClN3O5. The van der Waals surface area contributed by atoms with Gasteiger partial charge in [-0.1, -0.05) is 11.6 Å². The zero-order valence-electron chi connectivity index (χ0n) is 16.5. The van der Waals surface area contributed by atoms with Crippen LogP contribution in [0.25, 0.3) is 22.5 Å². The van der Waals surface area contributed by atoms with Crippen LogP contribution in [-0.4, -0.2) is 22.0 Å². The molecule has 2 aromatic heterocycles. The molecule has 1 amide bonds. The molecule has 2 N–H and O–H groups in total. The monoisotopic (exact) mass is 449 g/mol. The number of aromatic nitrogens is 2. The number of nitrogens with zero attached hydrogens (tertiary/aromatic N) is 2. The minimum atomic E-state index is -1.05. The fourth-order valence-corrected chi connectivity index (χ4v) is 3.36. The lowest BCUT2D eigenvalue weighted by Gasteiger charge is -2.10. The highest BCUT2D eigenvalue weighted by molar-refractivity contribution is 6.31. The van der Waals surface area contributed by atoms with Crippen LogP contribution < -0.4 is 10.0 Å². The van der Waals surface area contributed by atoms with E-state index in [1.807, 2.05) is 0 Å². The maximum absolute atomic E-state index is 12.6. The summed E-state index contributed by atoms with van der Waals surface area (Å²) in [6, 6.07) is 14.3. The van der Waals surface area contributed by atoms with Crippen molar-refractivity contribution in [2.24, 2.45) is 0 Å². The van der Waals surface area contributed by atoms with E-state index >= 15 is 0 Å². The molecule has 0 aliphatic heterocycles. The molecule has 0 aliphatic carbocycles. The second-order valence-corrected chi connectivity index (χ2v) is 7.33. The second-order valence-electron chi connectivity index (χ2n) is 6.90. The van der Waals surface area contributed by atoms with Crippen molar-refractivity contribution in [3.05, 3.63) is 94.9 Å². The number of aromatic carboxylic acids is 1. The third-order valence-corrected chi connectivity index (χ3v) is 4.98. The van der Waals surface area contributed by atoms with Crippen molar-refractivity contribution in [1.82, 2.24) is 4.98 Å². The first-order valence-corrected chi connectivity index (χ1v) is 9.82. The summed E-state index contributed by atoms with van der Waals surface area (Å²) >= 11 is 6.16. The van der Waals surface area contributed by atoms with E-state index in [-0.39, 0.29) is 17.7 Å². The van der Waals surface area contributed by atoms with Crippen LogP contribution >= 0.6 is 11.6 Å². The summed E-state index contributed by atoms with van der Waals surface area (Å²) in [7, 11) is 0. The number of anilines is 1. The van der Waals surface area contributed by atoms with Crippen molar-refractivity contribution < 1.29 is 23.8 Å². The van der Waals surface area contributed by atoms with Crippen molar-refractivity contribution in [3.63, 3.8) is 0 Å². The van der Waals surface area contributed by atoms with Crippen LogP contribution in [0.15, 0.2) is 77.8 Å². The smallest absolute Gasteiger partial charge is 0.335 e. The van der Waals surface area contributed by atoms with Gasteiger partial charge in [0.15, 0.2) is 18.4 Å². The molecule has 2 heterocycles. The molecule has 0 atom stereocenters. The Bertz CT molecular complexity index is 1290. The molecule has 0 saturated carbocycles. The van der Waals surface area contributed by atoms with Crippen molar-refractivity contribution in [2.45, 2.75) is 6.42 Å². The molecule has 160 valence electrons. The number of hydrogen-bond donors (Lipinski definition) is 2. The minimum Gasteiger partial charge on any atom is -0.618 e. The van der Waals surface area contributed by atoms with Gasteiger partial charge in [0.05, 0.1) is 11.8 Å². The molecule has 32 heavy (non-hydrogen) atoms. The highest BCUT2D eigenvalue weighted by atomic mass is 35.5. The lowest BCUT2D eigenvalue weighted by atomic mass is 9.99. The van der Waals surface area contributed by atoms with E-state index in [4.69, 9.17) is 21.1 Å². The van der Waals surface area contributed by atoms with E-state index in [2.05, 4.69) is 10.3 Å². The molecule has 2 aromatic carbocycles. The van der Waals surface area contributed by atoms with Crippen LogP contribution in [0, 0.1) is 5.21 Å². The van der Waals surface area contributed by atoms with Gasteiger partial charge in [-0.25, -0.2) is 9.78 Å². The summed E-state index contributed by atoms with van der Waals surface area (Å²) in [5, 5.41) is 24.7. The van der Waals surface area contributed by atoms with E-state index in [0.29, 0.717) is 32.3 Å². The van der Waals surface area contributed by atoms with Crippen LogP contribution in [0.1, 0.15) is 16.1 Å². The maximum Gasteiger partial charge on any atom is 0.335 e. The zero-order valence-corrected chi connectivity index (χ0v) is 17.2. The molecule has 0 saturated heterocycles. The predicted molar refractivity (Wildman–Crippen MR) is 117 cm³/mol. The van der Waals surface area contributed by atoms with Gasteiger partial charge in [-0.05, 0) is 48.5 Å². The van der Waals surface area contributed by atoms with Crippen LogP contribution in [0.3, 0.4) is 0 Å². The van der Waals surface area contributed by atoms with Crippen molar-refractivity contribution in [3.8, 4) is 22.5 Å². The normalized spacial score (nSPS) is 10.7. The fraction of sp³-hybridized carbons (Fsp3) is 0.0435. The van der Waals surface area contributed by atoms with E-state index in [0.717, 1.165) is 5.56 Å². The first kappa shape index (κ1) is 21.1. The van der Waals surface area contributed by atoms with Crippen molar-refractivity contribution >= 4 is 29.2 Å². The number of oxazole rings is 1. The Hall–Kier alpha value is -4.17. The molecule has 0 radical (unpaired) electrons. The molecule has 0 aliphatic rings. The van der Waals surface area contributed by atoms with Gasteiger partial charge in [-0.15, -0.1) is 0 Å². The van der Waals surface area contributed by atoms with Gasteiger partial charge < -0.3 is 20.0 Å². The van der Waals surface area contributed by atoms with Crippen LogP contribution in [0.4, 0.5) is 5.69 Å². The minimum absolute atomic E-state index is 0.113. The Balaban J connectivity index is 1.54. The lowest BCUT2D eigenvalue weighted by Crippen LogP contribution is -2.34. The standard InChI is InChI=1S/C23H16ClN3O5/c24-16-4-8-19(21-11-25-13-32-21)20(9-16)15-3-7-18(27(31)12-15)10-22(28)26-17-5-1-14(2-6-17)23(29)30/h1-9,11-13H,10H2,(H,26,28)(H,29,30). The Morgan fingerprint density at radius 2 is 1.88 bits per heavy atom. The lowest BCUT2D eigenvalue weighted by molar-refractivity contribution is -0.612. The summed E-state index contributed by atoms with van der Waals surface area (Å²) in [4.78, 5) is 27.2. The highest BCUT2D eigenvalue weighted by Crippen LogP contribution is 2.33. The average molecular weight is 450 g/mol. The van der Waals surface area contributed by atoms with Gasteiger partial charge in [0.25, 0.3) is 0 Å². The molecule has 8 nitrogen and oxygen atoms in total. The molecule has 4 aromatic rings. The second kappa shape index (κ2) is 8.91. The zero-order chi connectivity index (χ0) is 22.7. The van der Waals surface area contributed by atoms with E-state index in [1.54, 1.807) is 36.5 Å². The topological polar surface area (TPSA) is 119 Å². The van der Waals surface area contributed by atoms with Crippen LogP contribution in [-0.2, 0) is 11.2 Å². The number of halogens is 1. The molecule has 0 spiro atoms. The largest absolute Gasteiger partial charge is 0.618 e. The number of carbonyl (C=O) groups excluding carboxylic acids is 1. The molecule has 0 unspecified atom stereocenters. The van der Waals surface area contributed by atoms with Gasteiger partial charge in [-0.3, -0.25) is 4.79 Å². The highest BCUT2D eigenvalue weighted by Gasteiger charge is 2.17. The number of carboxylic acid groups (broad SMARTS) is 1. The Morgan fingerprint density at radius 1 is 1.09 bits per heavy atom. The number of nitrogens with one attached hydrogen (secondary N) is 1. The number of benzene rings is 2. The number of amides is 1. The summed E-state index contributed by atoms with van der Waals surface area (Å²) in [5.41, 5.74) is 2.81. The summed E-state index contributed by atoms with van der Waals surface area (Å²) < 4.78 is 6.01. The summed E-state index contributed by atoms with van der Waals surface area (Å²) in [5.74, 6) is -0.927. The summed E-state index contributed by atoms with van der Waals surface area (Å²) in [6.45, 7) is 0.